The zero-order chi connectivity index (χ0) is 27.2. The van der Waals surface area contributed by atoms with Crippen LogP contribution in [0.25, 0.3) is 0 Å². The van der Waals surface area contributed by atoms with Gasteiger partial charge in [-0.15, -0.1) is 0 Å². The van der Waals surface area contributed by atoms with E-state index in [1.54, 1.807) is 15.2 Å². The molecule has 1 nitrogen and oxygen atoms in total. The normalized spacial score (nSPS) is 29.0. The Morgan fingerprint density at radius 2 is 1.15 bits per heavy atom. The molecular formula is C37H40OPo. The van der Waals surface area contributed by atoms with E-state index >= 15 is 0 Å². The summed E-state index contributed by atoms with van der Waals surface area (Å²) in [6.45, 7) is 11.7. The molecule has 0 radical (unpaired) electrons. The third-order valence-corrected chi connectivity index (χ3v) is 28.2. The predicted molar refractivity (Wildman–Crippen MR) is 165 cm³/mol. The van der Waals surface area contributed by atoms with Crippen molar-refractivity contribution in [1.29, 1.82) is 0 Å². The van der Waals surface area contributed by atoms with Gasteiger partial charge in [0.2, 0.25) is 0 Å². The number of hydrogen-bond donors (Lipinski definition) is 1. The van der Waals surface area contributed by atoms with Crippen molar-refractivity contribution in [2.75, 3.05) is 0 Å². The average Bonchev–Trinajstić information content (AvgIpc) is 3.74. The number of phenolic OH excluding ortho intramolecular Hbond substituents is 1. The Bertz CT molecular complexity index is 1480. The maximum atomic E-state index is 10.7. The van der Waals surface area contributed by atoms with Crippen LogP contribution < -0.4 is 9.67 Å². The molecule has 0 bridgehead atoms. The molecule has 2 heteroatoms. The van der Waals surface area contributed by atoms with E-state index in [2.05, 4.69) is 126 Å². The van der Waals surface area contributed by atoms with E-state index in [-0.39, 0.29) is 0 Å². The number of hydrogen-bond acceptors (Lipinski definition) is 1. The van der Waals surface area contributed by atoms with Crippen LogP contribution in [0.3, 0.4) is 0 Å². The summed E-state index contributed by atoms with van der Waals surface area (Å²) in [6, 6.07) is 34.7. The van der Waals surface area contributed by atoms with Crippen LogP contribution in [0.5, 0.6) is 5.75 Å². The molecule has 0 amide bonds. The average molecular weight is 710 g/mol. The summed E-state index contributed by atoms with van der Waals surface area (Å²) in [5.74, 6) is 1.30. The summed E-state index contributed by atoms with van der Waals surface area (Å²) in [6.07, 6.45) is 3.57. The topological polar surface area (TPSA) is 20.2 Å². The number of rotatable bonds is 5. The first kappa shape index (κ1) is 25.5. The van der Waals surface area contributed by atoms with Crippen LogP contribution >= 0.6 is 0 Å². The Hall–Kier alpha value is -2.42. The van der Waals surface area contributed by atoms with Gasteiger partial charge in [0, 0.05) is 0 Å². The van der Waals surface area contributed by atoms with Crippen LogP contribution in [0, 0.1) is 42.9 Å². The Morgan fingerprint density at radius 3 is 1.62 bits per heavy atom. The Labute approximate surface area is 238 Å². The molecule has 3 aliphatic rings. The molecule has 3 aliphatic carbocycles. The first-order valence-electron chi connectivity index (χ1n) is 14.5. The van der Waals surface area contributed by atoms with E-state index in [9.17, 15) is 5.11 Å². The molecule has 4 aromatic carbocycles. The minimum atomic E-state index is -3.32. The Balaban J connectivity index is 1.32. The van der Waals surface area contributed by atoms with Crippen molar-refractivity contribution in [2.24, 2.45) is 22.2 Å². The second-order valence-electron chi connectivity index (χ2n) is 12.9. The van der Waals surface area contributed by atoms with E-state index in [4.69, 9.17) is 0 Å². The van der Waals surface area contributed by atoms with Crippen molar-refractivity contribution >= 4 is 30.2 Å². The number of benzene rings is 4. The molecule has 7 rings (SSSR count). The summed E-state index contributed by atoms with van der Waals surface area (Å²) in [4.78, 5) is 0. The summed E-state index contributed by atoms with van der Waals surface area (Å²) < 4.78 is 6.11. The van der Waals surface area contributed by atoms with Gasteiger partial charge in [-0.05, 0) is 0 Å². The molecule has 2 saturated carbocycles. The van der Waals surface area contributed by atoms with Gasteiger partial charge < -0.3 is 0 Å². The van der Waals surface area contributed by atoms with E-state index in [1.807, 2.05) is 0 Å². The fraction of sp³-hybridized carbons (Fsp3) is 0.351. The molecule has 1 spiro atoms. The third-order valence-electron chi connectivity index (χ3n) is 11.6. The SMILES string of the molecule is Cc1c(C)c2c(c(C)c1O)CCC1(C2)C2C(C)([CH2][Po]([c]3ccccc3)([c]3ccccc3)[c]3ccccc3)C21C. The van der Waals surface area contributed by atoms with Gasteiger partial charge >= 0.3 is 240 Å². The van der Waals surface area contributed by atoms with Crippen molar-refractivity contribution in [3.8, 4) is 5.75 Å². The van der Waals surface area contributed by atoms with Crippen molar-refractivity contribution < 1.29 is 5.11 Å². The van der Waals surface area contributed by atoms with E-state index in [0.29, 0.717) is 22.0 Å². The molecule has 0 aromatic heterocycles. The molecule has 2 fully saturated rings. The van der Waals surface area contributed by atoms with Crippen molar-refractivity contribution in [3.63, 3.8) is 0 Å². The summed E-state index contributed by atoms with van der Waals surface area (Å²) >= 11 is -3.32. The van der Waals surface area contributed by atoms with Crippen LogP contribution in [0.4, 0.5) is 0 Å². The molecule has 39 heavy (non-hydrogen) atoms. The molecule has 4 atom stereocenters. The first-order valence-corrected chi connectivity index (χ1v) is 21.5. The molecule has 0 saturated heterocycles. The van der Waals surface area contributed by atoms with Crippen LogP contribution in [-0.2, 0) is 12.8 Å². The second-order valence-corrected chi connectivity index (χ2v) is 25.3. The molecular weight excluding hydrogens is 669 g/mol. The number of aromatic hydroxyl groups is 1. The van der Waals surface area contributed by atoms with Crippen LogP contribution in [0.15, 0.2) is 91.0 Å². The van der Waals surface area contributed by atoms with Gasteiger partial charge in [-0.25, -0.2) is 0 Å². The Kier molecular flexibility index (Phi) is 5.59. The third kappa shape index (κ3) is 3.16. The van der Waals surface area contributed by atoms with Crippen LogP contribution in [0.2, 0.25) is 4.08 Å². The van der Waals surface area contributed by atoms with E-state index < -0.39 is 20.6 Å². The first-order chi connectivity index (χ1) is 18.7. The molecule has 200 valence electrons. The molecule has 0 heterocycles. The van der Waals surface area contributed by atoms with Gasteiger partial charge in [0.05, 0.1) is 0 Å². The predicted octanol–water partition coefficient (Wildman–Crippen LogP) is 6.62. The molecule has 0 aliphatic heterocycles. The van der Waals surface area contributed by atoms with Gasteiger partial charge in [-0.2, -0.15) is 0 Å². The van der Waals surface area contributed by atoms with Gasteiger partial charge in [-0.1, -0.05) is 0 Å². The summed E-state index contributed by atoms with van der Waals surface area (Å²) in [5, 5.41) is 10.7. The molecule has 4 unspecified atom stereocenters. The van der Waals surface area contributed by atoms with Crippen LogP contribution in [0.1, 0.15) is 48.1 Å². The number of fused-ring (bicyclic) bond motifs is 4. The van der Waals surface area contributed by atoms with Gasteiger partial charge in [-0.3, -0.25) is 0 Å². The molecule has 4 aromatic rings. The van der Waals surface area contributed by atoms with Gasteiger partial charge in [0.25, 0.3) is 0 Å². The zero-order valence-corrected chi connectivity index (χ0v) is 27.1. The minimum absolute atomic E-state index is 0.357. The van der Waals surface area contributed by atoms with E-state index in [1.165, 1.54) is 28.0 Å². The fourth-order valence-corrected chi connectivity index (χ4v) is 27.0. The van der Waals surface area contributed by atoms with Crippen molar-refractivity contribution in [3.05, 3.63) is 119 Å². The van der Waals surface area contributed by atoms with E-state index in [0.717, 1.165) is 23.5 Å². The Morgan fingerprint density at radius 1 is 0.692 bits per heavy atom. The molecule has 1 N–H and O–H groups in total. The van der Waals surface area contributed by atoms with Crippen LogP contribution in [-0.4, -0.2) is 25.7 Å². The van der Waals surface area contributed by atoms with Crippen molar-refractivity contribution in [2.45, 2.75) is 58.0 Å². The summed E-state index contributed by atoms with van der Waals surface area (Å²) in [5.41, 5.74) is 7.69. The standard InChI is InChI=1S/C19H25O.3C6H5.Po/c1-10-11(2)15(20)12(3)13-7-8-19(9-14(10)13)16-17(4,5)18(16,19)6;3*1-2-4-6-5-3-1;/h16,20H,4,7-9H2,1-3,5-6H3;3*1-5H;. The fourth-order valence-electron chi connectivity index (χ4n) is 9.34. The maximum absolute atomic E-state index is 10.7. The second kappa shape index (κ2) is 8.54. The summed E-state index contributed by atoms with van der Waals surface area (Å²) in [7, 11) is 0. The number of phenols is 1. The monoisotopic (exact) mass is 709 g/mol. The zero-order valence-electron chi connectivity index (χ0n) is 23.9. The van der Waals surface area contributed by atoms with Crippen molar-refractivity contribution in [1.82, 2.24) is 0 Å². The van der Waals surface area contributed by atoms with Gasteiger partial charge in [0.1, 0.15) is 0 Å². The van der Waals surface area contributed by atoms with Gasteiger partial charge in [0.15, 0.2) is 0 Å². The quantitative estimate of drug-likeness (QED) is 0.247.